The van der Waals surface area contributed by atoms with E-state index in [0.717, 1.165) is 27.9 Å². The average Bonchev–Trinajstić information content (AvgIpc) is 2.85. The van der Waals surface area contributed by atoms with Crippen LogP contribution in [-0.4, -0.2) is 9.78 Å². The molecule has 4 nitrogen and oxygen atoms in total. The van der Waals surface area contributed by atoms with Crippen LogP contribution in [0.2, 0.25) is 0 Å². The molecule has 1 atom stereocenters. The van der Waals surface area contributed by atoms with E-state index in [4.69, 9.17) is 10.2 Å². The molecular formula is C11H14BrN3O. The molecule has 2 rings (SSSR count). The van der Waals surface area contributed by atoms with E-state index in [0.29, 0.717) is 0 Å². The second-order valence-corrected chi connectivity index (χ2v) is 4.49. The lowest BCUT2D eigenvalue weighted by molar-refractivity contribution is 0.507. The highest BCUT2D eigenvalue weighted by molar-refractivity contribution is 9.10. The molecule has 2 aromatic heterocycles. The fourth-order valence-electron chi connectivity index (χ4n) is 1.83. The molecule has 0 aromatic carbocycles. The fourth-order valence-corrected chi connectivity index (χ4v) is 2.43. The highest BCUT2D eigenvalue weighted by Gasteiger charge is 2.20. The van der Waals surface area contributed by atoms with Crippen LogP contribution in [-0.2, 0) is 13.5 Å². The van der Waals surface area contributed by atoms with Crippen molar-refractivity contribution in [1.82, 2.24) is 9.78 Å². The monoisotopic (exact) mass is 283 g/mol. The average molecular weight is 284 g/mol. The van der Waals surface area contributed by atoms with Crippen molar-refractivity contribution < 1.29 is 4.42 Å². The van der Waals surface area contributed by atoms with Crippen molar-refractivity contribution in [1.29, 1.82) is 0 Å². The molecule has 0 fully saturated rings. The Morgan fingerprint density at radius 3 is 2.94 bits per heavy atom. The smallest absolute Gasteiger partial charge is 0.108 e. The molecule has 2 heterocycles. The predicted octanol–water partition coefficient (Wildman–Crippen LogP) is 2.39. The predicted molar refractivity (Wildman–Crippen MR) is 65.0 cm³/mol. The molecule has 0 aliphatic carbocycles. The van der Waals surface area contributed by atoms with Gasteiger partial charge in [-0.15, -0.1) is 0 Å². The quantitative estimate of drug-likeness (QED) is 0.941. The number of aromatic nitrogens is 2. The van der Waals surface area contributed by atoms with Crippen molar-refractivity contribution in [2.75, 3.05) is 0 Å². The van der Waals surface area contributed by atoms with Crippen LogP contribution in [0.25, 0.3) is 0 Å². The number of aryl methyl sites for hydroxylation is 2. The van der Waals surface area contributed by atoms with Crippen LogP contribution in [0.15, 0.2) is 27.4 Å². The van der Waals surface area contributed by atoms with Gasteiger partial charge < -0.3 is 10.2 Å². The van der Waals surface area contributed by atoms with Gasteiger partial charge in [0, 0.05) is 19.0 Å². The van der Waals surface area contributed by atoms with Crippen LogP contribution < -0.4 is 5.73 Å². The number of hydrogen-bond donors (Lipinski definition) is 1. The minimum Gasteiger partial charge on any atom is -0.469 e. The van der Waals surface area contributed by atoms with Crippen LogP contribution in [0, 0.1) is 0 Å². The summed E-state index contributed by atoms with van der Waals surface area (Å²) in [4.78, 5) is 0. The first-order valence-corrected chi connectivity index (χ1v) is 5.93. The van der Waals surface area contributed by atoms with E-state index >= 15 is 0 Å². The molecule has 0 amide bonds. The van der Waals surface area contributed by atoms with E-state index in [1.54, 1.807) is 17.1 Å². The van der Waals surface area contributed by atoms with E-state index in [1.807, 2.05) is 20.0 Å². The molecule has 0 saturated carbocycles. The van der Waals surface area contributed by atoms with Crippen LogP contribution in [0.3, 0.4) is 0 Å². The molecule has 2 aromatic rings. The first kappa shape index (κ1) is 11.4. The normalized spacial score (nSPS) is 13.0. The highest BCUT2D eigenvalue weighted by atomic mass is 79.9. The third kappa shape index (κ3) is 1.81. The Balaban J connectivity index is 2.43. The number of nitrogens with two attached hydrogens (primary N) is 1. The second kappa shape index (κ2) is 4.43. The van der Waals surface area contributed by atoms with Crippen molar-refractivity contribution >= 4 is 15.9 Å². The van der Waals surface area contributed by atoms with Crippen LogP contribution in [0.1, 0.15) is 30.0 Å². The van der Waals surface area contributed by atoms with Gasteiger partial charge in [0.05, 0.1) is 28.7 Å². The van der Waals surface area contributed by atoms with Crippen molar-refractivity contribution in [3.05, 3.63) is 40.0 Å². The van der Waals surface area contributed by atoms with Gasteiger partial charge in [-0.05, 0) is 22.0 Å². The van der Waals surface area contributed by atoms with Crippen LogP contribution in [0.4, 0.5) is 0 Å². The molecule has 5 heteroatoms. The van der Waals surface area contributed by atoms with Gasteiger partial charge in [-0.1, -0.05) is 6.92 Å². The molecule has 1 unspecified atom stereocenters. The SMILES string of the molecule is CCc1occc1C(N)c1c(Br)cnn1C. The molecule has 16 heavy (non-hydrogen) atoms. The highest BCUT2D eigenvalue weighted by Crippen LogP contribution is 2.28. The van der Waals surface area contributed by atoms with E-state index in [1.165, 1.54) is 0 Å². The second-order valence-electron chi connectivity index (χ2n) is 3.63. The summed E-state index contributed by atoms with van der Waals surface area (Å²) in [5, 5.41) is 4.16. The number of nitrogens with zero attached hydrogens (tertiary/aromatic N) is 2. The lowest BCUT2D eigenvalue weighted by Gasteiger charge is -2.12. The summed E-state index contributed by atoms with van der Waals surface area (Å²) >= 11 is 3.46. The zero-order valence-corrected chi connectivity index (χ0v) is 10.9. The largest absolute Gasteiger partial charge is 0.469 e. The minimum absolute atomic E-state index is 0.212. The Labute approximate surface area is 103 Å². The van der Waals surface area contributed by atoms with Crippen LogP contribution >= 0.6 is 15.9 Å². The zero-order chi connectivity index (χ0) is 11.7. The maximum absolute atomic E-state index is 6.23. The first-order chi connectivity index (χ1) is 7.65. The Morgan fingerprint density at radius 1 is 1.62 bits per heavy atom. The van der Waals surface area contributed by atoms with Crippen LogP contribution in [0.5, 0.6) is 0 Å². The van der Waals surface area contributed by atoms with E-state index in [2.05, 4.69) is 21.0 Å². The lowest BCUT2D eigenvalue weighted by Crippen LogP contribution is -2.17. The molecule has 0 radical (unpaired) electrons. The first-order valence-electron chi connectivity index (χ1n) is 5.14. The number of furan rings is 1. The molecule has 0 spiro atoms. The third-order valence-electron chi connectivity index (χ3n) is 2.67. The fraction of sp³-hybridized carbons (Fsp3) is 0.364. The van der Waals surface area contributed by atoms with E-state index < -0.39 is 0 Å². The summed E-state index contributed by atoms with van der Waals surface area (Å²) in [6.45, 7) is 2.05. The van der Waals surface area contributed by atoms with Crippen molar-refractivity contribution in [3.8, 4) is 0 Å². The van der Waals surface area contributed by atoms with Gasteiger partial charge in [0.25, 0.3) is 0 Å². The van der Waals surface area contributed by atoms with Gasteiger partial charge in [-0.3, -0.25) is 4.68 Å². The van der Waals surface area contributed by atoms with Crippen molar-refractivity contribution in [2.45, 2.75) is 19.4 Å². The molecule has 0 aliphatic heterocycles. The Hall–Kier alpha value is -1.07. The molecule has 0 bridgehead atoms. The minimum atomic E-state index is -0.212. The topological polar surface area (TPSA) is 57.0 Å². The Morgan fingerprint density at radius 2 is 2.38 bits per heavy atom. The lowest BCUT2D eigenvalue weighted by atomic mass is 10.0. The third-order valence-corrected chi connectivity index (χ3v) is 3.28. The maximum Gasteiger partial charge on any atom is 0.108 e. The van der Waals surface area contributed by atoms with Gasteiger partial charge in [0.2, 0.25) is 0 Å². The van der Waals surface area contributed by atoms with Gasteiger partial charge in [0.15, 0.2) is 0 Å². The Kier molecular flexibility index (Phi) is 3.16. The standard InChI is InChI=1S/C11H14BrN3O/c1-3-9-7(4-5-16-9)10(13)11-8(12)6-14-15(11)2/h4-6,10H,3,13H2,1-2H3. The van der Waals surface area contributed by atoms with E-state index in [-0.39, 0.29) is 6.04 Å². The number of rotatable bonds is 3. The van der Waals surface area contributed by atoms with E-state index in [9.17, 15) is 0 Å². The van der Waals surface area contributed by atoms with Gasteiger partial charge in [-0.2, -0.15) is 5.10 Å². The Bertz CT molecular complexity index is 470. The molecule has 0 aliphatic rings. The van der Waals surface area contributed by atoms with Crippen molar-refractivity contribution in [2.24, 2.45) is 12.8 Å². The summed E-state index contributed by atoms with van der Waals surface area (Å²) in [6.07, 6.45) is 4.27. The van der Waals surface area contributed by atoms with Gasteiger partial charge >= 0.3 is 0 Å². The molecule has 0 saturated heterocycles. The summed E-state index contributed by atoms with van der Waals surface area (Å²) in [5.41, 5.74) is 8.21. The number of halogens is 1. The zero-order valence-electron chi connectivity index (χ0n) is 9.27. The summed E-state index contributed by atoms with van der Waals surface area (Å²) in [5.74, 6) is 0.931. The summed E-state index contributed by atoms with van der Waals surface area (Å²) in [6, 6.07) is 1.71. The van der Waals surface area contributed by atoms with Crippen molar-refractivity contribution in [3.63, 3.8) is 0 Å². The maximum atomic E-state index is 6.23. The molecule has 86 valence electrons. The number of hydrogen-bond acceptors (Lipinski definition) is 3. The summed E-state index contributed by atoms with van der Waals surface area (Å²) in [7, 11) is 1.88. The molecule has 2 N–H and O–H groups in total. The summed E-state index contributed by atoms with van der Waals surface area (Å²) < 4.78 is 8.09. The van der Waals surface area contributed by atoms with Gasteiger partial charge in [-0.25, -0.2) is 0 Å². The molecular weight excluding hydrogens is 270 g/mol. The van der Waals surface area contributed by atoms with Gasteiger partial charge in [0.1, 0.15) is 5.76 Å².